The molecule has 1 saturated carbocycles. The van der Waals surface area contributed by atoms with Crippen molar-refractivity contribution >= 4 is 11.6 Å². The molecule has 154 valence electrons. The second kappa shape index (κ2) is 6.08. The number of allylic oxidation sites excluding steroid dienone is 8. The Hall–Kier alpha value is -2.86. The minimum atomic E-state index is -0.683. The molecule has 0 aromatic heterocycles. The molecule has 1 aromatic rings. The first-order valence-electron chi connectivity index (χ1n) is 10.4. The van der Waals surface area contributed by atoms with Gasteiger partial charge in [0.25, 0.3) is 6.02 Å². The Morgan fingerprint density at radius 3 is 2.43 bits per heavy atom. The van der Waals surface area contributed by atoms with Crippen LogP contribution in [0.2, 0.25) is 0 Å². The third-order valence-corrected chi connectivity index (χ3v) is 7.39. The summed E-state index contributed by atoms with van der Waals surface area (Å²) in [4.78, 5) is 4.87. The topological polar surface area (TPSA) is 66.1 Å². The minimum Gasteiger partial charge on any atom is -0.486 e. The maximum Gasteiger partial charge on any atom is 0.283 e. The van der Waals surface area contributed by atoms with Gasteiger partial charge in [-0.2, -0.15) is 0 Å². The van der Waals surface area contributed by atoms with Crippen LogP contribution in [0.1, 0.15) is 30.4 Å². The average Bonchev–Trinajstić information content (AvgIpc) is 3.04. The van der Waals surface area contributed by atoms with Gasteiger partial charge in [-0.3, -0.25) is 0 Å². The molecule has 1 atom stereocenters. The van der Waals surface area contributed by atoms with Crippen molar-refractivity contribution < 1.29 is 18.6 Å². The maximum atomic E-state index is 14.8. The number of hydrogen-bond acceptors (Lipinski definition) is 5. The molecule has 2 fully saturated rings. The van der Waals surface area contributed by atoms with Gasteiger partial charge in [0.15, 0.2) is 0 Å². The van der Waals surface area contributed by atoms with E-state index in [1.807, 2.05) is 30.4 Å². The van der Waals surface area contributed by atoms with Crippen molar-refractivity contribution in [3.8, 4) is 5.75 Å². The molecule has 1 saturated heterocycles. The number of fused-ring (bicyclic) bond motifs is 4. The number of halogens is 1. The summed E-state index contributed by atoms with van der Waals surface area (Å²) in [7, 11) is 0. The molecule has 30 heavy (non-hydrogen) atoms. The fourth-order valence-corrected chi connectivity index (χ4v) is 5.58. The molecule has 6 heteroatoms. The fourth-order valence-electron chi connectivity index (χ4n) is 5.58. The summed E-state index contributed by atoms with van der Waals surface area (Å²) in [5.74, 6) is 0.494. The summed E-state index contributed by atoms with van der Waals surface area (Å²) in [6, 6.07) is 6.04. The number of benzene rings is 1. The van der Waals surface area contributed by atoms with Crippen LogP contribution in [0.4, 0.5) is 4.39 Å². The van der Waals surface area contributed by atoms with Gasteiger partial charge in [0, 0.05) is 11.1 Å². The van der Waals surface area contributed by atoms with Crippen LogP contribution in [0.3, 0.4) is 0 Å². The lowest BCUT2D eigenvalue weighted by Crippen LogP contribution is -2.75. The first-order chi connectivity index (χ1) is 14.6. The zero-order valence-corrected chi connectivity index (χ0v) is 16.6. The van der Waals surface area contributed by atoms with Gasteiger partial charge in [-0.1, -0.05) is 36.4 Å². The predicted octanol–water partition coefficient (Wildman–Crippen LogP) is 3.92. The second-order valence-electron chi connectivity index (χ2n) is 8.70. The number of amidine groups is 1. The molecule has 0 bridgehead atoms. The SMILES string of the molecule is NC1=NC2(CO1)c1cc(C3=C(F)/C=C/C=C/C=C3)ccc1OC1(CCC1)C21COC1. The van der Waals surface area contributed by atoms with Crippen LogP contribution in [0, 0.1) is 5.41 Å². The van der Waals surface area contributed by atoms with Gasteiger partial charge in [0.05, 0.1) is 18.6 Å². The Labute approximate surface area is 174 Å². The summed E-state index contributed by atoms with van der Waals surface area (Å²) in [5, 5.41) is 0. The fraction of sp³-hybridized carbons (Fsp3) is 0.375. The maximum absolute atomic E-state index is 14.8. The van der Waals surface area contributed by atoms with Gasteiger partial charge in [-0.25, -0.2) is 9.38 Å². The molecule has 5 aliphatic rings. The van der Waals surface area contributed by atoms with Gasteiger partial charge in [0.2, 0.25) is 0 Å². The van der Waals surface area contributed by atoms with E-state index in [0.717, 1.165) is 36.1 Å². The van der Waals surface area contributed by atoms with E-state index < -0.39 is 5.54 Å². The lowest BCUT2D eigenvalue weighted by atomic mass is 9.49. The summed E-state index contributed by atoms with van der Waals surface area (Å²) >= 11 is 0. The van der Waals surface area contributed by atoms with E-state index in [2.05, 4.69) is 0 Å². The first-order valence-corrected chi connectivity index (χ1v) is 10.4. The minimum absolute atomic E-state index is 0.193. The third-order valence-electron chi connectivity index (χ3n) is 7.39. The van der Waals surface area contributed by atoms with Crippen molar-refractivity contribution in [3.05, 3.63) is 71.6 Å². The highest BCUT2D eigenvalue weighted by molar-refractivity contribution is 5.80. The van der Waals surface area contributed by atoms with Gasteiger partial charge in [0.1, 0.15) is 29.3 Å². The van der Waals surface area contributed by atoms with Crippen molar-refractivity contribution in [2.75, 3.05) is 19.8 Å². The van der Waals surface area contributed by atoms with Crippen LogP contribution in [0.15, 0.2) is 65.5 Å². The van der Waals surface area contributed by atoms with E-state index in [-0.39, 0.29) is 22.9 Å². The molecule has 3 spiro atoms. The number of hydrogen-bond donors (Lipinski definition) is 1. The number of nitrogens with zero attached hydrogens (tertiary/aromatic N) is 1. The molecule has 2 N–H and O–H groups in total. The Morgan fingerprint density at radius 2 is 1.80 bits per heavy atom. The van der Waals surface area contributed by atoms with Crippen LogP contribution in [-0.4, -0.2) is 31.4 Å². The highest BCUT2D eigenvalue weighted by atomic mass is 19.1. The van der Waals surface area contributed by atoms with Crippen molar-refractivity contribution in [2.45, 2.75) is 30.4 Å². The second-order valence-corrected chi connectivity index (χ2v) is 8.70. The highest BCUT2D eigenvalue weighted by Crippen LogP contribution is 2.67. The molecule has 6 rings (SSSR count). The molecule has 5 nitrogen and oxygen atoms in total. The predicted molar refractivity (Wildman–Crippen MR) is 112 cm³/mol. The Bertz CT molecular complexity index is 1080. The van der Waals surface area contributed by atoms with Gasteiger partial charge >= 0.3 is 0 Å². The summed E-state index contributed by atoms with van der Waals surface area (Å²) in [6.45, 7) is 1.46. The molecule has 3 aliphatic heterocycles. The first kappa shape index (κ1) is 18.0. The summed E-state index contributed by atoms with van der Waals surface area (Å²) in [6.07, 6.45) is 13.5. The number of aliphatic imine (C=N–C) groups is 1. The van der Waals surface area contributed by atoms with Crippen LogP contribution in [-0.2, 0) is 15.0 Å². The molecule has 0 radical (unpaired) electrons. The summed E-state index contributed by atoms with van der Waals surface area (Å²) < 4.78 is 33.0. The number of nitrogens with two attached hydrogens (primary N) is 1. The summed E-state index contributed by atoms with van der Waals surface area (Å²) in [5.41, 5.74) is 6.91. The zero-order chi connectivity index (χ0) is 20.4. The van der Waals surface area contributed by atoms with E-state index in [4.69, 9.17) is 24.9 Å². The molecule has 3 heterocycles. The van der Waals surface area contributed by atoms with Gasteiger partial charge in [-0.15, -0.1) is 0 Å². The average molecular weight is 406 g/mol. The quantitative estimate of drug-likeness (QED) is 0.768. The molecule has 2 aliphatic carbocycles. The van der Waals surface area contributed by atoms with Crippen LogP contribution >= 0.6 is 0 Å². The lowest BCUT2D eigenvalue weighted by Gasteiger charge is -2.66. The van der Waals surface area contributed by atoms with Crippen molar-refractivity contribution in [3.63, 3.8) is 0 Å². The van der Waals surface area contributed by atoms with Gasteiger partial charge < -0.3 is 19.9 Å². The van der Waals surface area contributed by atoms with E-state index in [1.54, 1.807) is 18.2 Å². The van der Waals surface area contributed by atoms with Crippen molar-refractivity contribution in [1.29, 1.82) is 0 Å². The lowest BCUT2D eigenvalue weighted by molar-refractivity contribution is -0.281. The van der Waals surface area contributed by atoms with Crippen LogP contribution in [0.5, 0.6) is 5.75 Å². The smallest absolute Gasteiger partial charge is 0.283 e. The molecular weight excluding hydrogens is 383 g/mol. The largest absolute Gasteiger partial charge is 0.486 e. The van der Waals surface area contributed by atoms with Gasteiger partial charge in [-0.05, 0) is 43.0 Å². The Balaban J connectivity index is 1.56. The molecule has 1 unspecified atom stereocenters. The molecule has 1 aromatic carbocycles. The van der Waals surface area contributed by atoms with Crippen LogP contribution in [0.25, 0.3) is 5.57 Å². The highest BCUT2D eigenvalue weighted by Gasteiger charge is 2.75. The monoisotopic (exact) mass is 406 g/mol. The molecular formula is C24H23FN2O3. The Kier molecular flexibility index (Phi) is 3.64. The van der Waals surface area contributed by atoms with E-state index >= 15 is 0 Å². The zero-order valence-electron chi connectivity index (χ0n) is 16.6. The van der Waals surface area contributed by atoms with Crippen molar-refractivity contribution in [2.24, 2.45) is 16.1 Å². The van der Waals surface area contributed by atoms with E-state index in [9.17, 15) is 4.39 Å². The van der Waals surface area contributed by atoms with E-state index in [0.29, 0.717) is 25.4 Å². The third kappa shape index (κ3) is 2.12. The standard InChI is InChI=1S/C24H23FN2O3/c25-19-7-4-2-1-3-6-17(19)16-8-9-20-18(12-16)24(15-29-21(26)27-24)22(13-28-14-22)23(30-20)10-5-11-23/h1-4,6-9,12H,5,10-11,13-15H2,(H2,26,27)/b2-1+,3-1?,4-2?,6-3?,7-4+,17-6?,19-7?,19-17?. The van der Waals surface area contributed by atoms with Crippen LogP contribution < -0.4 is 10.5 Å². The normalized spacial score (nSPS) is 31.7. The number of rotatable bonds is 1. The van der Waals surface area contributed by atoms with E-state index in [1.165, 1.54) is 6.08 Å². The molecule has 0 amide bonds. The van der Waals surface area contributed by atoms with Crippen molar-refractivity contribution in [1.82, 2.24) is 0 Å². The number of ether oxygens (including phenoxy) is 3. The Morgan fingerprint density at radius 1 is 1.00 bits per heavy atom.